The highest BCUT2D eigenvalue weighted by Gasteiger charge is 2.50. The summed E-state index contributed by atoms with van der Waals surface area (Å²) >= 11 is 0. The molecule has 7 heteroatoms. The number of benzene rings is 5. The van der Waals surface area contributed by atoms with Gasteiger partial charge in [0.1, 0.15) is 29.3 Å². The number of aliphatic hydroxyl groups is 2. The SMILES string of the molecule is COc1ccc(C(OCCC(O)C#CC=CC#CC(O)CCO[Si](c2ccccc2)(c2ccccc2)C(C)(C)C)(c2ccccc2)c2ccc(OC)cc2)cc1. The van der Waals surface area contributed by atoms with E-state index in [-0.39, 0.29) is 18.1 Å². The molecule has 2 atom stereocenters. The number of allylic oxidation sites excluding steroid dienone is 2. The van der Waals surface area contributed by atoms with Gasteiger partial charge in [0, 0.05) is 19.4 Å². The highest BCUT2D eigenvalue weighted by atomic mass is 28.4. The van der Waals surface area contributed by atoms with Crippen molar-refractivity contribution in [1.29, 1.82) is 0 Å². The summed E-state index contributed by atoms with van der Waals surface area (Å²) in [5.41, 5.74) is 1.78. The van der Waals surface area contributed by atoms with E-state index in [0.29, 0.717) is 13.0 Å². The Labute approximate surface area is 333 Å². The van der Waals surface area contributed by atoms with Crippen LogP contribution in [0.1, 0.15) is 50.3 Å². The third-order valence-electron chi connectivity index (χ3n) is 9.76. The van der Waals surface area contributed by atoms with Gasteiger partial charge >= 0.3 is 0 Å². The molecular formula is C49H52O6Si. The third kappa shape index (κ3) is 10.1. The van der Waals surface area contributed by atoms with E-state index in [0.717, 1.165) is 28.2 Å². The monoisotopic (exact) mass is 764 g/mol. The van der Waals surface area contributed by atoms with Crippen LogP contribution in [0.25, 0.3) is 0 Å². The van der Waals surface area contributed by atoms with Crippen molar-refractivity contribution < 1.29 is 28.8 Å². The summed E-state index contributed by atoms with van der Waals surface area (Å²) in [5.74, 6) is 13.0. The summed E-state index contributed by atoms with van der Waals surface area (Å²) in [6, 6.07) is 46.6. The normalized spacial score (nSPS) is 12.8. The predicted molar refractivity (Wildman–Crippen MR) is 228 cm³/mol. The van der Waals surface area contributed by atoms with Crippen LogP contribution in [0.2, 0.25) is 5.04 Å². The lowest BCUT2D eigenvalue weighted by Crippen LogP contribution is -2.66. The van der Waals surface area contributed by atoms with E-state index in [9.17, 15) is 10.2 Å². The molecule has 6 nitrogen and oxygen atoms in total. The average Bonchev–Trinajstić information content (AvgIpc) is 3.23. The zero-order chi connectivity index (χ0) is 39.9. The Hall–Kier alpha value is -5.38. The van der Waals surface area contributed by atoms with Crippen LogP contribution >= 0.6 is 0 Å². The Morgan fingerprint density at radius 1 is 0.554 bits per heavy atom. The van der Waals surface area contributed by atoms with E-state index in [1.807, 2.05) is 91.0 Å². The van der Waals surface area contributed by atoms with Gasteiger partial charge in [0.05, 0.1) is 20.8 Å². The number of hydrogen-bond acceptors (Lipinski definition) is 6. The van der Waals surface area contributed by atoms with Crippen molar-refractivity contribution in [1.82, 2.24) is 0 Å². The Kier molecular flexibility index (Phi) is 14.9. The second-order valence-electron chi connectivity index (χ2n) is 14.4. The molecule has 5 rings (SSSR count). The summed E-state index contributed by atoms with van der Waals surface area (Å²) in [6.07, 6.45) is 2.00. The first kappa shape index (κ1) is 41.8. The Bertz CT molecular complexity index is 2000. The molecule has 0 heterocycles. The van der Waals surface area contributed by atoms with Crippen LogP contribution in [-0.2, 0) is 14.8 Å². The van der Waals surface area contributed by atoms with Crippen molar-refractivity contribution >= 4 is 18.7 Å². The van der Waals surface area contributed by atoms with Crippen LogP contribution in [0.4, 0.5) is 0 Å². The number of aliphatic hydroxyl groups excluding tert-OH is 2. The summed E-state index contributed by atoms with van der Waals surface area (Å²) in [7, 11) is 0.592. The smallest absolute Gasteiger partial charge is 0.261 e. The molecule has 5 aromatic carbocycles. The van der Waals surface area contributed by atoms with Crippen molar-refractivity contribution in [3.8, 4) is 35.2 Å². The number of ether oxygens (including phenoxy) is 3. The molecule has 0 fully saturated rings. The zero-order valence-electron chi connectivity index (χ0n) is 32.9. The number of rotatable bonds is 15. The molecule has 288 valence electrons. The fourth-order valence-corrected chi connectivity index (χ4v) is 11.6. The van der Waals surface area contributed by atoms with Crippen LogP contribution in [0.15, 0.2) is 152 Å². The van der Waals surface area contributed by atoms with Gasteiger partial charge in [-0.2, -0.15) is 0 Å². The highest BCUT2D eigenvalue weighted by Crippen LogP contribution is 2.42. The van der Waals surface area contributed by atoms with Crippen molar-refractivity contribution in [3.63, 3.8) is 0 Å². The van der Waals surface area contributed by atoms with E-state index in [1.54, 1.807) is 26.4 Å². The van der Waals surface area contributed by atoms with Gasteiger partial charge in [-0.05, 0) is 68.5 Å². The van der Waals surface area contributed by atoms with E-state index in [4.69, 9.17) is 18.6 Å². The summed E-state index contributed by atoms with van der Waals surface area (Å²) < 4.78 is 24.6. The minimum Gasteiger partial charge on any atom is -0.497 e. The molecule has 0 saturated heterocycles. The van der Waals surface area contributed by atoms with E-state index < -0.39 is 26.1 Å². The molecule has 0 aromatic heterocycles. The molecule has 56 heavy (non-hydrogen) atoms. The quantitative estimate of drug-likeness (QED) is 0.0649. The van der Waals surface area contributed by atoms with Crippen molar-refractivity contribution in [2.75, 3.05) is 27.4 Å². The van der Waals surface area contributed by atoms with Crippen LogP contribution < -0.4 is 19.8 Å². The number of methoxy groups -OCH3 is 2. The summed E-state index contributed by atoms with van der Waals surface area (Å²) in [6.45, 7) is 7.27. The maximum atomic E-state index is 10.8. The maximum Gasteiger partial charge on any atom is 0.261 e. The first-order chi connectivity index (χ1) is 27.1. The minimum absolute atomic E-state index is 0.150. The molecule has 0 aliphatic heterocycles. The van der Waals surface area contributed by atoms with Crippen LogP contribution in [-0.4, -0.2) is 58.2 Å². The fourth-order valence-electron chi connectivity index (χ4n) is 7.00. The molecule has 0 aliphatic rings. The van der Waals surface area contributed by atoms with Crippen molar-refractivity contribution in [2.45, 2.75) is 56.5 Å². The molecular weight excluding hydrogens is 713 g/mol. The van der Waals surface area contributed by atoms with E-state index >= 15 is 0 Å². The standard InChI is InChI=1S/C49H52O6Si/c1-48(2,3)56(46-23-15-9-16-24-46,47-25-17-10-18-26-47)55-38-36-43(51)22-14-7-6-13-21-42(50)35-37-54-49(39-19-11-8-12-20-39,40-27-31-44(52-4)32-28-40)41-29-33-45(53-5)34-30-41/h6-12,15-20,23-34,42-43,50-51H,35-38H2,1-5H3. The minimum atomic E-state index is -2.69. The molecule has 0 bridgehead atoms. The first-order valence-corrected chi connectivity index (χ1v) is 20.8. The Morgan fingerprint density at radius 2 is 0.946 bits per heavy atom. The molecule has 2 N–H and O–H groups in total. The topological polar surface area (TPSA) is 77.4 Å². The maximum absolute atomic E-state index is 10.8. The summed E-state index contributed by atoms with van der Waals surface area (Å²) in [5, 5.41) is 23.8. The molecule has 5 aromatic rings. The lowest BCUT2D eigenvalue weighted by atomic mass is 9.80. The number of hydrogen-bond donors (Lipinski definition) is 2. The first-order valence-electron chi connectivity index (χ1n) is 18.9. The van der Waals surface area contributed by atoms with Gasteiger partial charge in [-0.1, -0.05) is 160 Å². The molecule has 0 amide bonds. The highest BCUT2D eigenvalue weighted by molar-refractivity contribution is 6.99. The van der Waals surface area contributed by atoms with Gasteiger partial charge in [-0.15, -0.1) is 0 Å². The summed E-state index contributed by atoms with van der Waals surface area (Å²) in [4.78, 5) is 0. The van der Waals surface area contributed by atoms with Gasteiger partial charge in [0.25, 0.3) is 8.32 Å². The molecule has 0 aliphatic carbocycles. The van der Waals surface area contributed by atoms with Gasteiger partial charge in [0.2, 0.25) is 0 Å². The van der Waals surface area contributed by atoms with Crippen LogP contribution in [0.5, 0.6) is 11.5 Å². The zero-order valence-corrected chi connectivity index (χ0v) is 33.9. The van der Waals surface area contributed by atoms with E-state index in [2.05, 4.69) is 93.0 Å². The van der Waals surface area contributed by atoms with Gasteiger partial charge < -0.3 is 28.8 Å². The fraction of sp³-hybridized carbons (Fsp3) is 0.265. The largest absolute Gasteiger partial charge is 0.497 e. The second-order valence-corrected chi connectivity index (χ2v) is 18.7. The lowest BCUT2D eigenvalue weighted by Gasteiger charge is -2.43. The van der Waals surface area contributed by atoms with E-state index in [1.165, 1.54) is 10.4 Å². The van der Waals surface area contributed by atoms with Crippen molar-refractivity contribution in [3.05, 3.63) is 168 Å². The van der Waals surface area contributed by atoms with Crippen LogP contribution in [0.3, 0.4) is 0 Å². The third-order valence-corrected chi connectivity index (χ3v) is 14.8. The molecule has 0 saturated carbocycles. The molecule has 0 radical (unpaired) electrons. The van der Waals surface area contributed by atoms with Crippen molar-refractivity contribution in [2.24, 2.45) is 0 Å². The average molecular weight is 765 g/mol. The Morgan fingerprint density at radius 3 is 1.36 bits per heavy atom. The predicted octanol–water partition coefficient (Wildman–Crippen LogP) is 7.65. The molecule has 2 unspecified atom stereocenters. The Balaban J connectivity index is 1.22. The van der Waals surface area contributed by atoms with Crippen LogP contribution in [0, 0.1) is 23.7 Å². The molecule has 0 spiro atoms. The van der Waals surface area contributed by atoms with Gasteiger partial charge in [0.15, 0.2) is 0 Å². The van der Waals surface area contributed by atoms with Gasteiger partial charge in [-0.3, -0.25) is 0 Å². The lowest BCUT2D eigenvalue weighted by molar-refractivity contribution is 0.000747. The van der Waals surface area contributed by atoms with Gasteiger partial charge in [-0.25, -0.2) is 0 Å². The second kappa shape index (κ2) is 20.0.